The number of nitrogens with zero attached hydrogens (tertiary/aromatic N) is 4. The van der Waals surface area contributed by atoms with E-state index in [9.17, 15) is 0 Å². The zero-order chi connectivity index (χ0) is 27.6. The molecule has 42 heavy (non-hydrogen) atoms. The van der Waals surface area contributed by atoms with Crippen molar-refractivity contribution in [1.82, 2.24) is 19.5 Å². The van der Waals surface area contributed by atoms with E-state index < -0.39 is 0 Å². The van der Waals surface area contributed by atoms with E-state index in [0.717, 1.165) is 49.8 Å². The van der Waals surface area contributed by atoms with E-state index >= 15 is 0 Å². The van der Waals surface area contributed by atoms with Crippen molar-refractivity contribution in [3.63, 3.8) is 0 Å². The topological polar surface area (TPSA) is 43.6 Å². The van der Waals surface area contributed by atoms with Crippen LogP contribution in [-0.4, -0.2) is 19.5 Å². The average Bonchev–Trinajstić information content (AvgIpc) is 3.62. The molecule has 0 unspecified atom stereocenters. The van der Waals surface area contributed by atoms with Gasteiger partial charge in [-0.25, -0.2) is 9.97 Å². The van der Waals surface area contributed by atoms with Crippen LogP contribution in [-0.2, 0) is 0 Å². The molecule has 9 rings (SSSR count). The Kier molecular flexibility index (Phi) is 5.03. The van der Waals surface area contributed by atoms with Crippen LogP contribution in [0.15, 0.2) is 134 Å². The minimum Gasteiger partial charge on any atom is -0.277 e. The van der Waals surface area contributed by atoms with Crippen LogP contribution in [0.4, 0.5) is 0 Å². The Balaban J connectivity index is 1.51. The van der Waals surface area contributed by atoms with Crippen LogP contribution in [0, 0.1) is 0 Å². The third-order valence-corrected chi connectivity index (χ3v) is 9.23. The molecule has 5 aromatic carbocycles. The smallest absolute Gasteiger partial charge is 0.235 e. The van der Waals surface area contributed by atoms with Crippen molar-refractivity contribution in [2.24, 2.45) is 0 Å². The molecule has 0 fully saturated rings. The maximum atomic E-state index is 5.26. The maximum absolute atomic E-state index is 5.26. The summed E-state index contributed by atoms with van der Waals surface area (Å²) in [6.45, 7) is 0. The summed E-state index contributed by atoms with van der Waals surface area (Å²) in [5.74, 6) is 0.654. The normalized spacial score (nSPS) is 11.8. The lowest BCUT2D eigenvalue weighted by Crippen LogP contribution is -2.04. The highest BCUT2D eigenvalue weighted by molar-refractivity contribution is 7.26. The number of thiophene rings is 1. The first kappa shape index (κ1) is 23.3. The lowest BCUT2D eigenvalue weighted by atomic mass is 10.0. The molecule has 0 atom stereocenters. The second-order valence-electron chi connectivity index (χ2n) is 10.4. The molecule has 4 heterocycles. The summed E-state index contributed by atoms with van der Waals surface area (Å²) >= 11 is 1.80. The Bertz CT molecular complexity index is 2400. The van der Waals surface area contributed by atoms with Crippen molar-refractivity contribution in [2.75, 3.05) is 0 Å². The molecule has 5 heteroatoms. The van der Waals surface area contributed by atoms with Crippen LogP contribution < -0.4 is 0 Å². The molecule has 196 valence electrons. The lowest BCUT2D eigenvalue weighted by molar-refractivity contribution is 0.998. The molecule has 9 aromatic rings. The van der Waals surface area contributed by atoms with Gasteiger partial charge in [0.25, 0.3) is 0 Å². The number of aromatic nitrogens is 4. The standard InChI is InChI=1S/C37H22N4S/c1-3-12-23(13-4-1)28-22-29(24-14-5-2-6-15-24)40-37(39-28)41-30-19-9-7-16-25(30)32-27-18-11-21-38-34(27)36-33(35(32)41)26-17-8-10-20-31(26)42-36/h1-22H. The van der Waals surface area contributed by atoms with Crippen LogP contribution >= 0.6 is 11.3 Å². The monoisotopic (exact) mass is 554 g/mol. The third-order valence-electron chi connectivity index (χ3n) is 8.05. The fraction of sp³-hybridized carbons (Fsp3) is 0. The molecular formula is C37H22N4S. The average molecular weight is 555 g/mol. The Labute approximate surface area is 245 Å². The summed E-state index contributed by atoms with van der Waals surface area (Å²) in [7, 11) is 0. The van der Waals surface area contributed by atoms with Crippen molar-refractivity contribution in [2.45, 2.75) is 0 Å². The Morgan fingerprint density at radius 2 is 1.17 bits per heavy atom. The number of hydrogen-bond acceptors (Lipinski definition) is 4. The summed E-state index contributed by atoms with van der Waals surface area (Å²) in [6.07, 6.45) is 1.90. The second-order valence-corrected chi connectivity index (χ2v) is 11.5. The van der Waals surface area contributed by atoms with Gasteiger partial charge in [0.1, 0.15) is 0 Å². The first-order valence-electron chi connectivity index (χ1n) is 14.0. The fourth-order valence-corrected chi connectivity index (χ4v) is 7.46. The highest BCUT2D eigenvalue weighted by atomic mass is 32.1. The van der Waals surface area contributed by atoms with Gasteiger partial charge in [-0.15, -0.1) is 11.3 Å². The van der Waals surface area contributed by atoms with E-state index in [1.165, 1.54) is 25.6 Å². The first-order valence-corrected chi connectivity index (χ1v) is 14.8. The van der Waals surface area contributed by atoms with Gasteiger partial charge in [0, 0.05) is 49.0 Å². The summed E-state index contributed by atoms with van der Waals surface area (Å²) in [6, 6.07) is 44.3. The number of para-hydroxylation sites is 1. The van der Waals surface area contributed by atoms with Crippen molar-refractivity contribution < 1.29 is 0 Å². The summed E-state index contributed by atoms with van der Waals surface area (Å²) in [5, 5.41) is 5.91. The van der Waals surface area contributed by atoms with Crippen molar-refractivity contribution in [3.8, 4) is 28.5 Å². The van der Waals surface area contributed by atoms with Crippen molar-refractivity contribution in [1.29, 1.82) is 0 Å². The van der Waals surface area contributed by atoms with E-state index in [-0.39, 0.29) is 0 Å². The van der Waals surface area contributed by atoms with Crippen LogP contribution in [0.2, 0.25) is 0 Å². The minimum absolute atomic E-state index is 0.654. The molecule has 0 aliphatic heterocycles. The first-order chi connectivity index (χ1) is 20.8. The summed E-state index contributed by atoms with van der Waals surface area (Å²) in [5.41, 5.74) is 7.12. The molecule has 4 nitrogen and oxygen atoms in total. The molecule has 0 aliphatic rings. The predicted molar refractivity (Wildman–Crippen MR) is 175 cm³/mol. The number of pyridine rings is 1. The molecule has 0 N–H and O–H groups in total. The Morgan fingerprint density at radius 1 is 0.548 bits per heavy atom. The maximum Gasteiger partial charge on any atom is 0.235 e. The lowest BCUT2D eigenvalue weighted by Gasteiger charge is -2.12. The largest absolute Gasteiger partial charge is 0.277 e. The summed E-state index contributed by atoms with van der Waals surface area (Å²) < 4.78 is 4.70. The van der Waals surface area contributed by atoms with E-state index in [0.29, 0.717) is 5.95 Å². The SMILES string of the molecule is c1ccc(-c2cc(-c3ccccc3)nc(-n3c4ccccc4c4c5cccnc5c5sc6ccccc6c5c43)n2)cc1. The van der Waals surface area contributed by atoms with Gasteiger partial charge in [-0.1, -0.05) is 103 Å². The molecule has 0 bridgehead atoms. The molecule has 0 aliphatic carbocycles. The molecular weight excluding hydrogens is 533 g/mol. The Morgan fingerprint density at radius 3 is 1.90 bits per heavy atom. The zero-order valence-electron chi connectivity index (χ0n) is 22.4. The molecule has 4 aromatic heterocycles. The third kappa shape index (κ3) is 3.38. The van der Waals surface area contributed by atoms with E-state index in [2.05, 4.69) is 114 Å². The molecule has 0 radical (unpaired) electrons. The van der Waals surface area contributed by atoms with Crippen LogP contribution in [0.3, 0.4) is 0 Å². The molecule has 0 amide bonds. The number of benzene rings is 5. The van der Waals surface area contributed by atoms with Crippen LogP contribution in [0.25, 0.3) is 81.3 Å². The Hall–Kier alpha value is -5.39. The quantitative estimate of drug-likeness (QED) is 0.218. The second kappa shape index (κ2) is 9.06. The summed E-state index contributed by atoms with van der Waals surface area (Å²) in [4.78, 5) is 15.4. The van der Waals surface area contributed by atoms with Gasteiger partial charge in [0.2, 0.25) is 5.95 Å². The van der Waals surface area contributed by atoms with Crippen molar-refractivity contribution >= 4 is 64.2 Å². The molecule has 0 saturated carbocycles. The van der Waals surface area contributed by atoms with E-state index in [1.807, 2.05) is 24.4 Å². The minimum atomic E-state index is 0.654. The van der Waals surface area contributed by atoms with Crippen molar-refractivity contribution in [3.05, 3.63) is 134 Å². The number of hydrogen-bond donors (Lipinski definition) is 0. The van der Waals surface area contributed by atoms with Gasteiger partial charge in [0.15, 0.2) is 0 Å². The fourth-order valence-electron chi connectivity index (χ4n) is 6.24. The van der Waals surface area contributed by atoms with Crippen LogP contribution in [0.1, 0.15) is 0 Å². The van der Waals surface area contributed by atoms with E-state index in [1.54, 1.807) is 11.3 Å². The van der Waals surface area contributed by atoms with Gasteiger partial charge in [-0.05, 0) is 24.3 Å². The van der Waals surface area contributed by atoms with E-state index in [4.69, 9.17) is 15.0 Å². The van der Waals surface area contributed by atoms with Gasteiger partial charge >= 0.3 is 0 Å². The predicted octanol–water partition coefficient (Wildman–Crippen LogP) is 9.82. The van der Waals surface area contributed by atoms with Gasteiger partial charge < -0.3 is 0 Å². The number of rotatable bonds is 3. The highest BCUT2D eigenvalue weighted by Gasteiger charge is 2.24. The molecule has 0 saturated heterocycles. The van der Waals surface area contributed by atoms with Gasteiger partial charge in [-0.2, -0.15) is 0 Å². The van der Waals surface area contributed by atoms with Gasteiger partial charge in [-0.3, -0.25) is 9.55 Å². The molecule has 0 spiro atoms. The van der Waals surface area contributed by atoms with Gasteiger partial charge in [0.05, 0.1) is 32.6 Å². The van der Waals surface area contributed by atoms with Crippen LogP contribution in [0.5, 0.6) is 0 Å². The highest BCUT2D eigenvalue weighted by Crippen LogP contribution is 2.47. The number of fused-ring (bicyclic) bond motifs is 10. The zero-order valence-corrected chi connectivity index (χ0v) is 23.2.